The molecule has 19 heavy (non-hydrogen) atoms. The first-order chi connectivity index (χ1) is 9.08. The topological polar surface area (TPSA) is 26.3 Å². The van der Waals surface area contributed by atoms with E-state index in [0.717, 1.165) is 9.13 Å². The first-order valence-corrected chi connectivity index (χ1v) is 7.27. The van der Waals surface area contributed by atoms with Crippen molar-refractivity contribution in [2.24, 2.45) is 0 Å². The van der Waals surface area contributed by atoms with Gasteiger partial charge in [-0.2, -0.15) is 0 Å². The van der Waals surface area contributed by atoms with Gasteiger partial charge in [-0.25, -0.2) is 0 Å². The summed E-state index contributed by atoms with van der Waals surface area (Å²) in [6, 6.07) is 12.6. The highest BCUT2D eigenvalue weighted by atomic mass is 127. The molecule has 0 bridgehead atoms. The molecule has 0 aliphatic rings. The van der Waals surface area contributed by atoms with E-state index >= 15 is 0 Å². The summed E-state index contributed by atoms with van der Waals surface area (Å²) >= 11 is 13.6. The molecular formula is C14H9Cl2IO2. The molecule has 0 saturated carbocycles. The molecule has 0 spiro atoms. The molecule has 2 aromatic rings. The molecule has 0 aromatic heterocycles. The molecule has 0 aliphatic heterocycles. The maximum Gasteiger partial charge on any atom is 0.252 e. The van der Waals surface area contributed by atoms with E-state index in [0.29, 0.717) is 22.9 Å². The zero-order chi connectivity index (χ0) is 13.8. The highest BCUT2D eigenvalue weighted by molar-refractivity contribution is 14.1. The van der Waals surface area contributed by atoms with Crippen molar-refractivity contribution in [2.45, 2.75) is 6.61 Å². The molecule has 0 atom stereocenters. The van der Waals surface area contributed by atoms with Crippen LogP contribution in [0.25, 0.3) is 0 Å². The standard InChI is InChI=1S/C14H9Cl2IO2/c15-11-4-2-1-3-10(11)8-19-13-6-5-9(14(16)18)7-12(13)17/h1-7H,8H2. The normalized spacial score (nSPS) is 10.3. The van der Waals surface area contributed by atoms with Crippen LogP contribution in [-0.4, -0.2) is 5.24 Å². The summed E-state index contributed by atoms with van der Waals surface area (Å²) in [5.41, 5.74) is 1.37. The quantitative estimate of drug-likeness (QED) is 0.533. The van der Waals surface area contributed by atoms with Gasteiger partial charge in [0.05, 0.1) is 3.57 Å². The van der Waals surface area contributed by atoms with E-state index in [4.69, 9.17) is 27.9 Å². The van der Waals surface area contributed by atoms with Crippen LogP contribution in [-0.2, 0) is 6.61 Å². The van der Waals surface area contributed by atoms with Gasteiger partial charge in [0.15, 0.2) is 0 Å². The molecule has 0 amide bonds. The van der Waals surface area contributed by atoms with E-state index in [9.17, 15) is 4.79 Å². The number of hydrogen-bond acceptors (Lipinski definition) is 2. The Labute approximate surface area is 134 Å². The lowest BCUT2D eigenvalue weighted by Crippen LogP contribution is -1.99. The summed E-state index contributed by atoms with van der Waals surface area (Å²) in [5, 5.41) is 0.195. The van der Waals surface area contributed by atoms with Gasteiger partial charge in [-0.05, 0) is 58.5 Å². The highest BCUT2D eigenvalue weighted by Gasteiger charge is 2.08. The summed E-state index contributed by atoms with van der Waals surface area (Å²) in [4.78, 5) is 11.0. The summed E-state index contributed by atoms with van der Waals surface area (Å²) in [6.07, 6.45) is 0. The number of carbonyl (C=O) groups is 1. The van der Waals surface area contributed by atoms with Crippen LogP contribution in [0.3, 0.4) is 0 Å². The first kappa shape index (κ1) is 14.6. The van der Waals surface area contributed by atoms with Gasteiger partial charge in [0.2, 0.25) is 0 Å². The molecule has 0 radical (unpaired) electrons. The van der Waals surface area contributed by atoms with Gasteiger partial charge in [0.25, 0.3) is 5.24 Å². The third-order valence-electron chi connectivity index (χ3n) is 2.50. The third-order valence-corrected chi connectivity index (χ3v) is 3.93. The van der Waals surface area contributed by atoms with Crippen LogP contribution >= 0.6 is 45.8 Å². The Morgan fingerprint density at radius 2 is 1.95 bits per heavy atom. The molecule has 0 saturated heterocycles. The van der Waals surface area contributed by atoms with Crippen molar-refractivity contribution >= 4 is 51.0 Å². The van der Waals surface area contributed by atoms with Gasteiger partial charge in [-0.3, -0.25) is 4.79 Å². The maximum atomic E-state index is 11.0. The van der Waals surface area contributed by atoms with Crippen LogP contribution in [0.15, 0.2) is 42.5 Å². The molecule has 5 heteroatoms. The van der Waals surface area contributed by atoms with Crippen LogP contribution in [0, 0.1) is 3.57 Å². The number of halogens is 3. The van der Waals surface area contributed by atoms with Crippen molar-refractivity contribution in [3.8, 4) is 5.75 Å². The molecule has 0 aliphatic carbocycles. The number of carbonyl (C=O) groups excluding carboxylic acids is 1. The molecule has 0 heterocycles. The Morgan fingerprint density at radius 3 is 2.58 bits per heavy atom. The van der Waals surface area contributed by atoms with E-state index < -0.39 is 5.24 Å². The number of benzene rings is 2. The van der Waals surface area contributed by atoms with Crippen molar-refractivity contribution < 1.29 is 9.53 Å². The fourth-order valence-electron chi connectivity index (χ4n) is 1.51. The molecule has 2 nitrogen and oxygen atoms in total. The van der Waals surface area contributed by atoms with Crippen LogP contribution in [0.4, 0.5) is 0 Å². The fraction of sp³-hybridized carbons (Fsp3) is 0.0714. The zero-order valence-corrected chi connectivity index (χ0v) is 13.4. The second kappa shape index (κ2) is 6.59. The predicted molar refractivity (Wildman–Crippen MR) is 85.1 cm³/mol. The molecule has 2 aromatic carbocycles. The minimum Gasteiger partial charge on any atom is -0.488 e. The Kier molecular flexibility index (Phi) is 5.07. The lowest BCUT2D eigenvalue weighted by Gasteiger charge is -2.10. The third kappa shape index (κ3) is 3.84. The molecular weight excluding hydrogens is 398 g/mol. The minimum atomic E-state index is -0.476. The van der Waals surface area contributed by atoms with E-state index in [1.165, 1.54) is 0 Å². The predicted octanol–water partition coefficient (Wildman–Crippen LogP) is 4.90. The summed E-state index contributed by atoms with van der Waals surface area (Å²) in [7, 11) is 0. The largest absolute Gasteiger partial charge is 0.488 e. The van der Waals surface area contributed by atoms with Gasteiger partial charge < -0.3 is 4.74 Å². The molecule has 2 rings (SSSR count). The fourth-order valence-corrected chi connectivity index (χ4v) is 2.49. The van der Waals surface area contributed by atoms with Crippen molar-refractivity contribution in [3.05, 3.63) is 62.2 Å². The van der Waals surface area contributed by atoms with Crippen molar-refractivity contribution in [3.63, 3.8) is 0 Å². The average molecular weight is 407 g/mol. The molecule has 0 fully saturated rings. The van der Waals surface area contributed by atoms with E-state index in [1.54, 1.807) is 18.2 Å². The van der Waals surface area contributed by atoms with Crippen molar-refractivity contribution in [1.29, 1.82) is 0 Å². The highest BCUT2D eigenvalue weighted by Crippen LogP contribution is 2.25. The SMILES string of the molecule is O=C(Cl)c1ccc(OCc2ccccc2Cl)c(I)c1. The summed E-state index contributed by atoms with van der Waals surface area (Å²) in [6.45, 7) is 0.379. The van der Waals surface area contributed by atoms with Gasteiger partial charge in [0.1, 0.15) is 12.4 Å². The minimum absolute atomic E-state index is 0.379. The van der Waals surface area contributed by atoms with Crippen LogP contribution in [0.2, 0.25) is 5.02 Å². The number of hydrogen-bond donors (Lipinski definition) is 0. The Hall–Kier alpha value is -0.780. The molecule has 98 valence electrons. The van der Waals surface area contributed by atoms with Crippen molar-refractivity contribution in [2.75, 3.05) is 0 Å². The van der Waals surface area contributed by atoms with Gasteiger partial charge in [-0.15, -0.1) is 0 Å². The Bertz CT molecular complexity index is 614. The van der Waals surface area contributed by atoms with Crippen LogP contribution in [0.1, 0.15) is 15.9 Å². The van der Waals surface area contributed by atoms with Crippen molar-refractivity contribution in [1.82, 2.24) is 0 Å². The second-order valence-electron chi connectivity index (χ2n) is 3.80. The maximum absolute atomic E-state index is 11.0. The van der Waals surface area contributed by atoms with Crippen LogP contribution < -0.4 is 4.74 Å². The number of rotatable bonds is 4. The molecule has 0 unspecified atom stereocenters. The summed E-state index contributed by atoms with van der Waals surface area (Å²) < 4.78 is 6.52. The second-order valence-corrected chi connectivity index (χ2v) is 5.71. The molecule has 0 N–H and O–H groups in total. The van der Waals surface area contributed by atoms with Gasteiger partial charge >= 0.3 is 0 Å². The lowest BCUT2D eigenvalue weighted by molar-refractivity contribution is 0.108. The number of ether oxygens (including phenoxy) is 1. The smallest absolute Gasteiger partial charge is 0.252 e. The van der Waals surface area contributed by atoms with Gasteiger partial charge in [0, 0.05) is 16.1 Å². The monoisotopic (exact) mass is 406 g/mol. The zero-order valence-electron chi connectivity index (χ0n) is 9.70. The van der Waals surface area contributed by atoms with E-state index in [-0.39, 0.29) is 0 Å². The van der Waals surface area contributed by atoms with E-state index in [2.05, 4.69) is 22.6 Å². The Morgan fingerprint density at radius 1 is 1.21 bits per heavy atom. The summed E-state index contributed by atoms with van der Waals surface area (Å²) in [5.74, 6) is 0.696. The van der Waals surface area contributed by atoms with E-state index in [1.807, 2.05) is 24.3 Å². The first-order valence-electron chi connectivity index (χ1n) is 5.43. The average Bonchev–Trinajstić information content (AvgIpc) is 2.39. The Balaban J connectivity index is 2.12. The lowest BCUT2D eigenvalue weighted by atomic mass is 10.2. The van der Waals surface area contributed by atoms with Crippen LogP contribution in [0.5, 0.6) is 5.75 Å². The van der Waals surface area contributed by atoms with Gasteiger partial charge in [-0.1, -0.05) is 29.8 Å².